The first kappa shape index (κ1) is 35.3. The number of alkyl halides is 3. The van der Waals surface area contributed by atoms with Gasteiger partial charge in [0.15, 0.2) is 0 Å². The van der Waals surface area contributed by atoms with Crippen molar-refractivity contribution in [2.45, 2.75) is 81.1 Å². The molecule has 258 valence electrons. The Hall–Kier alpha value is -3.01. The fourth-order valence-electron chi connectivity index (χ4n) is 7.20. The van der Waals surface area contributed by atoms with E-state index in [-0.39, 0.29) is 61.6 Å². The second kappa shape index (κ2) is 14.2. The number of fused-ring (bicyclic) bond motifs is 2. The van der Waals surface area contributed by atoms with E-state index in [1.54, 1.807) is 24.3 Å². The van der Waals surface area contributed by atoms with Gasteiger partial charge >= 0.3 is 12.3 Å². The number of carbonyl (C=O) groups excluding carboxylic acids is 2. The zero-order valence-electron chi connectivity index (χ0n) is 25.8. The van der Waals surface area contributed by atoms with Gasteiger partial charge in [0, 0.05) is 41.2 Å². The maximum atomic E-state index is 15.3. The number of ether oxygens (including phenoxy) is 1. The van der Waals surface area contributed by atoms with Crippen LogP contribution >= 0.6 is 11.6 Å². The van der Waals surface area contributed by atoms with E-state index in [1.165, 1.54) is 10.5 Å². The second-order valence-corrected chi connectivity index (χ2v) is 15.0. The highest BCUT2D eigenvalue weighted by atomic mass is 35.5. The largest absolute Gasteiger partial charge is 0.453 e. The number of carbonyl (C=O) groups is 2. The molecule has 4 atom stereocenters. The van der Waals surface area contributed by atoms with Gasteiger partial charge in [-0.2, -0.15) is 17.5 Å². The number of aromatic nitrogens is 1. The van der Waals surface area contributed by atoms with E-state index in [4.69, 9.17) is 16.3 Å². The predicted octanol–water partition coefficient (Wildman–Crippen LogP) is 4.93. The molecule has 1 saturated carbocycles. The van der Waals surface area contributed by atoms with Crippen molar-refractivity contribution < 1.29 is 40.3 Å². The van der Waals surface area contributed by atoms with Crippen molar-refractivity contribution >= 4 is 39.3 Å². The van der Waals surface area contributed by atoms with Gasteiger partial charge in [-0.1, -0.05) is 23.7 Å². The van der Waals surface area contributed by atoms with Gasteiger partial charge in [-0.15, -0.1) is 0 Å². The molecule has 10 nitrogen and oxygen atoms in total. The lowest BCUT2D eigenvalue weighted by Gasteiger charge is -2.45. The van der Waals surface area contributed by atoms with E-state index in [0.29, 0.717) is 30.1 Å². The standard InChI is InChI=1S/C31H38ClF4N5O5S/c1-46-29(43)40-27(30(19-4-6-21(32)7-5-19)12-10-20(11-13-30)31(34,35)36)28(42)39-26-17-37-16-25(33)24(26)9-8-23-15-38-22-3-2-14-47(44,45)41(23)18-22/h4-7,16-17,20,22-23,27,38H,2-3,8-15,18H2,1H3,(H,39,42)(H,40,43). The van der Waals surface area contributed by atoms with Gasteiger partial charge in [0.1, 0.15) is 11.9 Å². The number of alkyl carbamates (subject to hydrolysis) is 1. The number of pyridine rings is 1. The molecule has 1 aliphatic carbocycles. The van der Waals surface area contributed by atoms with Gasteiger partial charge < -0.3 is 20.7 Å². The SMILES string of the molecule is COC(=O)NC(C(=O)Nc1cncc(F)c1CCC1CNC2CCCS(=O)(=O)N1C2)C1(c2ccc(Cl)cc2)CCC(C(F)(F)F)CC1. The molecule has 3 fully saturated rings. The molecule has 4 unspecified atom stereocenters. The number of methoxy groups -OCH3 is 1. The molecule has 2 bridgehead atoms. The summed E-state index contributed by atoms with van der Waals surface area (Å²) >= 11 is 6.11. The fraction of sp³-hybridized carbons (Fsp3) is 0.581. The molecular weight excluding hydrogens is 666 g/mol. The van der Waals surface area contributed by atoms with Crippen LogP contribution < -0.4 is 16.0 Å². The maximum absolute atomic E-state index is 15.3. The first-order valence-corrected chi connectivity index (χ1v) is 17.6. The van der Waals surface area contributed by atoms with Gasteiger partial charge in [-0.3, -0.25) is 9.78 Å². The molecule has 3 N–H and O–H groups in total. The van der Waals surface area contributed by atoms with Crippen molar-refractivity contribution in [1.29, 1.82) is 0 Å². The summed E-state index contributed by atoms with van der Waals surface area (Å²) in [6, 6.07) is 4.54. The Kier molecular flexibility index (Phi) is 10.7. The minimum absolute atomic E-state index is 0.00210. The number of sulfonamides is 1. The quantitative estimate of drug-likeness (QED) is 0.333. The van der Waals surface area contributed by atoms with Crippen molar-refractivity contribution in [3.05, 3.63) is 58.6 Å². The van der Waals surface area contributed by atoms with Crippen LogP contribution in [0.2, 0.25) is 5.02 Å². The van der Waals surface area contributed by atoms with E-state index in [9.17, 15) is 31.2 Å². The first-order chi connectivity index (χ1) is 22.2. The molecule has 2 aliphatic heterocycles. The monoisotopic (exact) mass is 703 g/mol. The average molecular weight is 704 g/mol. The van der Waals surface area contributed by atoms with Crippen molar-refractivity contribution in [2.75, 3.05) is 31.3 Å². The number of amides is 2. The Morgan fingerprint density at radius 1 is 1.17 bits per heavy atom. The van der Waals surface area contributed by atoms with Gasteiger partial charge in [0.25, 0.3) is 0 Å². The maximum Gasteiger partial charge on any atom is 0.407 e. The fourth-order valence-corrected chi connectivity index (χ4v) is 9.13. The van der Waals surface area contributed by atoms with E-state index >= 15 is 4.39 Å². The summed E-state index contributed by atoms with van der Waals surface area (Å²) in [4.78, 5) is 30.6. The molecule has 2 aromatic rings. The number of nitrogens with zero attached hydrogens (tertiary/aromatic N) is 2. The number of hydrogen-bond donors (Lipinski definition) is 3. The van der Waals surface area contributed by atoms with Gasteiger partial charge in [-0.05, 0) is 69.1 Å². The van der Waals surface area contributed by atoms with Gasteiger partial charge in [-0.25, -0.2) is 17.6 Å². The highest BCUT2D eigenvalue weighted by molar-refractivity contribution is 7.89. The molecule has 16 heteroatoms. The van der Waals surface area contributed by atoms with Gasteiger partial charge in [0.2, 0.25) is 15.9 Å². The number of hydrogen-bond acceptors (Lipinski definition) is 7. The van der Waals surface area contributed by atoms with Crippen LogP contribution in [0.25, 0.3) is 0 Å². The summed E-state index contributed by atoms with van der Waals surface area (Å²) in [7, 11) is -2.39. The number of benzene rings is 1. The predicted molar refractivity (Wildman–Crippen MR) is 167 cm³/mol. The Balaban J connectivity index is 1.43. The number of piperazine rings is 1. The molecule has 0 radical (unpaired) electrons. The summed E-state index contributed by atoms with van der Waals surface area (Å²) in [5, 5.41) is 8.96. The van der Waals surface area contributed by atoms with Crippen molar-refractivity contribution in [1.82, 2.24) is 19.9 Å². The molecule has 1 aromatic heterocycles. The molecular formula is C31H38ClF4N5O5S. The van der Waals surface area contributed by atoms with Crippen LogP contribution in [0.3, 0.4) is 0 Å². The lowest BCUT2D eigenvalue weighted by molar-refractivity contribution is -0.185. The van der Waals surface area contributed by atoms with Crippen LogP contribution in [0.4, 0.5) is 28.0 Å². The third kappa shape index (κ3) is 7.84. The highest BCUT2D eigenvalue weighted by Gasteiger charge is 2.52. The number of anilines is 1. The number of nitrogens with one attached hydrogen (secondary N) is 3. The summed E-state index contributed by atoms with van der Waals surface area (Å²) in [5.41, 5.74) is -0.710. The smallest absolute Gasteiger partial charge is 0.407 e. The van der Waals surface area contributed by atoms with Crippen molar-refractivity contribution in [3.63, 3.8) is 0 Å². The molecule has 0 spiro atoms. The zero-order valence-corrected chi connectivity index (χ0v) is 27.4. The Morgan fingerprint density at radius 3 is 2.53 bits per heavy atom. The summed E-state index contributed by atoms with van der Waals surface area (Å²) in [6.45, 7) is 0.726. The lowest BCUT2D eigenvalue weighted by Crippen LogP contribution is -2.58. The normalized spacial score (nSPS) is 28.0. The van der Waals surface area contributed by atoms with Crippen molar-refractivity contribution in [3.8, 4) is 0 Å². The van der Waals surface area contributed by atoms with Crippen LogP contribution in [0.1, 0.15) is 56.1 Å². The molecule has 47 heavy (non-hydrogen) atoms. The summed E-state index contributed by atoms with van der Waals surface area (Å²) in [6.07, 6.45) is -2.36. The summed E-state index contributed by atoms with van der Waals surface area (Å²) in [5.74, 6) is -3.07. The zero-order chi connectivity index (χ0) is 34.0. The minimum atomic E-state index is -4.43. The van der Waals surface area contributed by atoms with E-state index in [0.717, 1.165) is 19.7 Å². The second-order valence-electron chi connectivity index (χ2n) is 12.5. The van der Waals surface area contributed by atoms with Crippen molar-refractivity contribution in [2.24, 2.45) is 5.92 Å². The molecule has 2 amide bonds. The number of rotatable bonds is 8. The third-order valence-electron chi connectivity index (χ3n) is 9.77. The number of halogens is 5. The van der Waals surface area contributed by atoms with Crippen LogP contribution in [0.5, 0.6) is 0 Å². The highest BCUT2D eigenvalue weighted by Crippen LogP contribution is 2.49. The van der Waals surface area contributed by atoms with Crippen LogP contribution in [0.15, 0.2) is 36.7 Å². The van der Waals surface area contributed by atoms with E-state index < -0.39 is 57.4 Å². The molecule has 1 aromatic carbocycles. The Labute approximate surface area is 276 Å². The van der Waals surface area contributed by atoms with Crippen LogP contribution in [-0.2, 0) is 31.4 Å². The van der Waals surface area contributed by atoms with Crippen LogP contribution in [0, 0.1) is 11.7 Å². The minimum Gasteiger partial charge on any atom is -0.453 e. The topological polar surface area (TPSA) is 130 Å². The molecule has 3 aliphatic rings. The van der Waals surface area contributed by atoms with E-state index in [1.807, 2.05) is 0 Å². The Morgan fingerprint density at radius 2 is 1.87 bits per heavy atom. The van der Waals surface area contributed by atoms with Crippen LogP contribution in [-0.4, -0.2) is 80.0 Å². The third-order valence-corrected chi connectivity index (χ3v) is 12.0. The Bertz CT molecular complexity index is 1550. The molecule has 3 heterocycles. The first-order valence-electron chi connectivity index (χ1n) is 15.6. The van der Waals surface area contributed by atoms with Gasteiger partial charge in [0.05, 0.1) is 36.9 Å². The average Bonchev–Trinajstić information content (AvgIpc) is 3.14. The van der Waals surface area contributed by atoms with E-state index in [2.05, 4.69) is 20.9 Å². The summed E-state index contributed by atoms with van der Waals surface area (Å²) < 4.78 is 88.6. The molecule has 5 rings (SSSR count). The lowest BCUT2D eigenvalue weighted by atomic mass is 9.62. The molecule has 2 saturated heterocycles.